The zero-order chi connectivity index (χ0) is 14.7. The first-order chi connectivity index (χ1) is 10.2. The van der Waals surface area contributed by atoms with Gasteiger partial charge < -0.3 is 4.42 Å². The maximum atomic E-state index is 8.79. The van der Waals surface area contributed by atoms with Gasteiger partial charge >= 0.3 is 0 Å². The Balaban J connectivity index is 1.81. The highest BCUT2D eigenvalue weighted by Gasteiger charge is 2.09. The zero-order valence-corrected chi connectivity index (χ0v) is 13.1. The summed E-state index contributed by atoms with van der Waals surface area (Å²) in [7, 11) is 0. The van der Waals surface area contributed by atoms with Crippen LogP contribution < -0.4 is 0 Å². The van der Waals surface area contributed by atoms with E-state index in [1.165, 1.54) is 3.57 Å². The second kappa shape index (κ2) is 6.06. The molecule has 0 aliphatic heterocycles. The fourth-order valence-electron chi connectivity index (χ4n) is 1.95. The van der Waals surface area contributed by atoms with E-state index in [1.807, 2.05) is 18.2 Å². The van der Waals surface area contributed by atoms with Gasteiger partial charge in [0.2, 0.25) is 11.8 Å². The van der Waals surface area contributed by atoms with Crippen molar-refractivity contribution in [3.63, 3.8) is 0 Å². The third kappa shape index (κ3) is 3.28. The minimum absolute atomic E-state index is 0.472. The first-order valence-electron chi connectivity index (χ1n) is 6.32. The van der Waals surface area contributed by atoms with Crippen LogP contribution >= 0.6 is 22.6 Å². The van der Waals surface area contributed by atoms with Crippen LogP contribution in [0.5, 0.6) is 0 Å². The molecule has 0 aliphatic rings. The van der Waals surface area contributed by atoms with Gasteiger partial charge in [0.1, 0.15) is 0 Å². The molecule has 2 aromatic carbocycles. The number of benzene rings is 2. The summed E-state index contributed by atoms with van der Waals surface area (Å²) in [5, 5.41) is 16.9. The van der Waals surface area contributed by atoms with Crippen LogP contribution in [0, 0.1) is 14.9 Å². The third-order valence-corrected chi connectivity index (χ3v) is 3.64. The number of hydrogen-bond donors (Lipinski definition) is 0. The van der Waals surface area contributed by atoms with Crippen LogP contribution in [0.4, 0.5) is 0 Å². The van der Waals surface area contributed by atoms with E-state index in [1.54, 1.807) is 24.3 Å². The Bertz CT molecular complexity index is 803. The van der Waals surface area contributed by atoms with Crippen LogP contribution in [0.15, 0.2) is 52.9 Å². The molecule has 0 saturated carbocycles. The molecule has 3 aromatic rings. The smallest absolute Gasteiger partial charge is 0.247 e. The molecule has 0 amide bonds. The van der Waals surface area contributed by atoms with Crippen molar-refractivity contribution >= 4 is 22.6 Å². The summed E-state index contributed by atoms with van der Waals surface area (Å²) in [6.45, 7) is 0. The Morgan fingerprint density at radius 1 is 1.10 bits per heavy atom. The second-order valence-corrected chi connectivity index (χ2v) is 5.74. The van der Waals surface area contributed by atoms with Crippen molar-refractivity contribution < 1.29 is 4.42 Å². The van der Waals surface area contributed by atoms with Gasteiger partial charge in [-0.3, -0.25) is 0 Å². The van der Waals surface area contributed by atoms with E-state index in [2.05, 4.69) is 44.9 Å². The minimum atomic E-state index is 0.472. The molecule has 3 rings (SSSR count). The lowest BCUT2D eigenvalue weighted by Gasteiger charge is -1.97. The lowest BCUT2D eigenvalue weighted by molar-refractivity contribution is 0.518. The van der Waals surface area contributed by atoms with Gasteiger partial charge in [-0.05, 0) is 64.6 Å². The molecule has 0 atom stereocenters. The van der Waals surface area contributed by atoms with Crippen LogP contribution in [0.1, 0.15) is 17.0 Å². The normalized spacial score (nSPS) is 10.3. The molecule has 0 spiro atoms. The monoisotopic (exact) mass is 387 g/mol. The SMILES string of the molecule is N#Cc1ccc(-c2nnc(Cc3cccc(I)c3)o2)cc1. The number of nitriles is 1. The molecule has 0 radical (unpaired) electrons. The fourth-order valence-corrected chi connectivity index (χ4v) is 2.56. The van der Waals surface area contributed by atoms with Crippen LogP contribution in [-0.2, 0) is 6.42 Å². The lowest BCUT2D eigenvalue weighted by Crippen LogP contribution is -1.88. The average Bonchev–Trinajstić information content (AvgIpc) is 2.96. The van der Waals surface area contributed by atoms with Crippen molar-refractivity contribution in [1.29, 1.82) is 5.26 Å². The number of rotatable bonds is 3. The van der Waals surface area contributed by atoms with E-state index in [0.29, 0.717) is 23.8 Å². The van der Waals surface area contributed by atoms with Crippen molar-refractivity contribution in [2.75, 3.05) is 0 Å². The standard InChI is InChI=1S/C16H10IN3O/c17-14-3-1-2-12(8-14)9-15-19-20-16(21-15)13-6-4-11(10-18)5-7-13/h1-8H,9H2. The van der Waals surface area contributed by atoms with E-state index in [4.69, 9.17) is 9.68 Å². The second-order valence-electron chi connectivity index (χ2n) is 4.50. The molecule has 5 heteroatoms. The number of nitrogens with zero attached hydrogens (tertiary/aromatic N) is 3. The van der Waals surface area contributed by atoms with Gasteiger partial charge in [0.15, 0.2) is 0 Å². The number of halogens is 1. The van der Waals surface area contributed by atoms with Crippen LogP contribution in [0.25, 0.3) is 11.5 Å². The van der Waals surface area contributed by atoms with Gasteiger partial charge in [-0.15, -0.1) is 10.2 Å². The van der Waals surface area contributed by atoms with Crippen LogP contribution in [-0.4, -0.2) is 10.2 Å². The number of aromatic nitrogens is 2. The molecule has 0 saturated heterocycles. The highest BCUT2D eigenvalue weighted by Crippen LogP contribution is 2.20. The molecule has 0 aliphatic carbocycles. The van der Waals surface area contributed by atoms with Crippen molar-refractivity contribution in [3.05, 3.63) is 69.1 Å². The molecule has 1 heterocycles. The summed E-state index contributed by atoms with van der Waals surface area (Å²) in [4.78, 5) is 0. The molecule has 0 unspecified atom stereocenters. The van der Waals surface area contributed by atoms with Gasteiger partial charge in [-0.25, -0.2) is 0 Å². The van der Waals surface area contributed by atoms with Gasteiger partial charge in [0, 0.05) is 9.13 Å². The van der Waals surface area contributed by atoms with Crippen LogP contribution in [0.2, 0.25) is 0 Å². The summed E-state index contributed by atoms with van der Waals surface area (Å²) in [5.41, 5.74) is 2.56. The summed E-state index contributed by atoms with van der Waals surface area (Å²) >= 11 is 2.28. The predicted molar refractivity (Wildman–Crippen MR) is 86.4 cm³/mol. The van der Waals surface area contributed by atoms with Gasteiger partial charge in [0.05, 0.1) is 18.1 Å². The fraction of sp³-hybridized carbons (Fsp3) is 0.0625. The quantitative estimate of drug-likeness (QED) is 0.642. The molecule has 4 nitrogen and oxygen atoms in total. The Kier molecular flexibility index (Phi) is 3.97. The average molecular weight is 387 g/mol. The predicted octanol–water partition coefficient (Wildman–Crippen LogP) is 3.80. The van der Waals surface area contributed by atoms with E-state index in [9.17, 15) is 0 Å². The summed E-state index contributed by atoms with van der Waals surface area (Å²) in [6.07, 6.45) is 0.611. The molecule has 0 fully saturated rings. The molecule has 21 heavy (non-hydrogen) atoms. The van der Waals surface area contributed by atoms with E-state index in [-0.39, 0.29) is 0 Å². The highest BCUT2D eigenvalue weighted by molar-refractivity contribution is 14.1. The first-order valence-corrected chi connectivity index (χ1v) is 7.40. The first kappa shape index (κ1) is 13.8. The van der Waals surface area contributed by atoms with E-state index >= 15 is 0 Å². The van der Waals surface area contributed by atoms with Crippen molar-refractivity contribution in [2.24, 2.45) is 0 Å². The largest absolute Gasteiger partial charge is 0.420 e. The Hall–Kier alpha value is -2.20. The van der Waals surface area contributed by atoms with Crippen molar-refractivity contribution in [2.45, 2.75) is 6.42 Å². The summed E-state index contributed by atoms with van der Waals surface area (Å²) in [5.74, 6) is 1.05. The molecular formula is C16H10IN3O. The summed E-state index contributed by atoms with van der Waals surface area (Å²) < 4.78 is 6.86. The molecule has 0 bridgehead atoms. The van der Waals surface area contributed by atoms with Crippen LogP contribution in [0.3, 0.4) is 0 Å². The maximum Gasteiger partial charge on any atom is 0.247 e. The van der Waals surface area contributed by atoms with E-state index in [0.717, 1.165) is 11.1 Å². The van der Waals surface area contributed by atoms with Gasteiger partial charge in [-0.1, -0.05) is 12.1 Å². The molecule has 102 valence electrons. The third-order valence-electron chi connectivity index (χ3n) is 2.97. The number of hydrogen-bond acceptors (Lipinski definition) is 4. The van der Waals surface area contributed by atoms with Crippen molar-refractivity contribution in [3.8, 4) is 17.5 Å². The molecule has 0 N–H and O–H groups in total. The summed E-state index contributed by atoms with van der Waals surface area (Å²) in [6, 6.07) is 17.3. The Morgan fingerprint density at radius 2 is 1.90 bits per heavy atom. The van der Waals surface area contributed by atoms with Gasteiger partial charge in [0.25, 0.3) is 0 Å². The van der Waals surface area contributed by atoms with Crippen molar-refractivity contribution in [1.82, 2.24) is 10.2 Å². The highest BCUT2D eigenvalue weighted by atomic mass is 127. The maximum absolute atomic E-state index is 8.79. The zero-order valence-electron chi connectivity index (χ0n) is 11.0. The molecular weight excluding hydrogens is 377 g/mol. The minimum Gasteiger partial charge on any atom is -0.420 e. The lowest BCUT2D eigenvalue weighted by atomic mass is 10.1. The van der Waals surface area contributed by atoms with Gasteiger partial charge in [-0.2, -0.15) is 5.26 Å². The van der Waals surface area contributed by atoms with E-state index < -0.39 is 0 Å². The topological polar surface area (TPSA) is 62.7 Å². The molecule has 1 aromatic heterocycles. The Labute approximate surface area is 135 Å². The Morgan fingerprint density at radius 3 is 2.62 bits per heavy atom.